The van der Waals surface area contributed by atoms with E-state index in [0.717, 1.165) is 5.75 Å². The molecule has 0 bridgehead atoms. The molecule has 0 saturated heterocycles. The van der Waals surface area contributed by atoms with Gasteiger partial charge in [0.15, 0.2) is 0 Å². The molecule has 120 valence electrons. The van der Waals surface area contributed by atoms with E-state index in [4.69, 9.17) is 5.11 Å². The summed E-state index contributed by atoms with van der Waals surface area (Å²) in [6.07, 6.45) is 0. The van der Waals surface area contributed by atoms with Gasteiger partial charge in [0.05, 0.1) is 0 Å². The Bertz CT molecular complexity index is 377. The molecule has 21 heavy (non-hydrogen) atoms. The molecule has 0 aromatic rings. The van der Waals surface area contributed by atoms with Gasteiger partial charge in [-0.15, -0.1) is 0 Å². The van der Waals surface area contributed by atoms with E-state index in [9.17, 15) is 14.4 Å². The molecule has 2 amide bonds. The average Bonchev–Trinajstić information content (AvgIpc) is 2.40. The molecule has 0 aliphatic rings. The van der Waals surface area contributed by atoms with Gasteiger partial charge in [-0.2, -0.15) is 0 Å². The van der Waals surface area contributed by atoms with Crippen LogP contribution in [0.1, 0.15) is 6.92 Å². The number of carbonyl (C=O) groups excluding carboxylic acids is 2. The minimum Gasteiger partial charge on any atom is -0.480 e. The Morgan fingerprint density at radius 3 is 2.19 bits per heavy atom. The molecule has 7 nitrogen and oxygen atoms in total. The summed E-state index contributed by atoms with van der Waals surface area (Å²) in [7, 11) is 3.17. The minimum absolute atomic E-state index is 0.144. The topological polar surface area (TPSA) is 105 Å². The molecule has 0 unspecified atom stereocenters. The monoisotopic (exact) mass is 336 g/mol. The van der Waals surface area contributed by atoms with Gasteiger partial charge in [-0.3, -0.25) is 9.59 Å². The summed E-state index contributed by atoms with van der Waals surface area (Å²) >= 11 is 0. The summed E-state index contributed by atoms with van der Waals surface area (Å²) in [5, 5.41) is 13.6. The fraction of sp³-hybridized carbons (Fsp3) is 0.583. The van der Waals surface area contributed by atoms with Gasteiger partial charge in [-0.1, -0.05) is 28.2 Å². The van der Waals surface area contributed by atoms with Crippen molar-refractivity contribution in [2.45, 2.75) is 6.92 Å². The van der Waals surface area contributed by atoms with Crippen LogP contribution in [0.5, 0.6) is 0 Å². The number of hydrogen-bond donors (Lipinski definition) is 3. The van der Waals surface area contributed by atoms with Crippen LogP contribution in [0.4, 0.5) is 0 Å². The van der Waals surface area contributed by atoms with Crippen LogP contribution in [-0.2, 0) is 19.1 Å². The first kappa shape index (κ1) is 19.8. The molecule has 0 aliphatic carbocycles. The number of carboxylic acid groups (broad SMARTS) is 1. The maximum Gasteiger partial charge on any atom is 0.329 e. The number of rotatable bonds is 12. The molecule has 0 aromatic carbocycles. The first-order valence-electron chi connectivity index (χ1n) is 6.18. The van der Waals surface area contributed by atoms with E-state index < -0.39 is 12.6 Å². The molecule has 0 aromatic heterocycles. The minimum atomic E-state index is -1.10. The lowest BCUT2D eigenvalue weighted by atomic mass is 10.3. The number of carboxylic acids is 1. The summed E-state index contributed by atoms with van der Waals surface area (Å²) in [6.45, 7) is 5.50. The van der Waals surface area contributed by atoms with Crippen LogP contribution in [0.3, 0.4) is 0 Å². The third-order valence-corrected chi connectivity index (χ3v) is 4.32. The van der Waals surface area contributed by atoms with Gasteiger partial charge in [0.2, 0.25) is 11.8 Å². The predicted octanol–water partition coefficient (Wildman–Crippen LogP) is 0.278. The zero-order chi connectivity index (χ0) is 16.1. The standard InChI is InChI=1S/C12H20N2O5S2/c1-9(2)12(18)14-4-6-21-20-5-3-13-10(15)7-19-8-11(16)17/h1,3-8H2,2H3,(H,13,15)(H,14,18)(H,16,17). The van der Waals surface area contributed by atoms with Gasteiger partial charge in [-0.05, 0) is 6.92 Å². The maximum atomic E-state index is 11.2. The average molecular weight is 336 g/mol. The van der Waals surface area contributed by atoms with Crippen LogP contribution >= 0.6 is 21.6 Å². The third kappa shape index (κ3) is 13.5. The van der Waals surface area contributed by atoms with Crippen LogP contribution in [0, 0.1) is 0 Å². The summed E-state index contributed by atoms with van der Waals surface area (Å²) < 4.78 is 4.64. The molecule has 0 saturated carbocycles. The van der Waals surface area contributed by atoms with E-state index in [1.54, 1.807) is 28.5 Å². The molecule has 0 fully saturated rings. The SMILES string of the molecule is C=C(C)C(=O)NCCSSCCNC(=O)COCC(=O)O. The smallest absolute Gasteiger partial charge is 0.329 e. The number of amides is 2. The zero-order valence-corrected chi connectivity index (χ0v) is 13.5. The fourth-order valence-electron chi connectivity index (χ4n) is 0.989. The molecule has 0 heterocycles. The summed E-state index contributed by atoms with van der Waals surface area (Å²) in [6, 6.07) is 0. The molecule has 3 N–H and O–H groups in total. The number of hydrogen-bond acceptors (Lipinski definition) is 6. The van der Waals surface area contributed by atoms with Crippen molar-refractivity contribution in [2.75, 3.05) is 37.8 Å². The van der Waals surface area contributed by atoms with Crippen molar-refractivity contribution in [3.8, 4) is 0 Å². The van der Waals surface area contributed by atoms with Gasteiger partial charge >= 0.3 is 5.97 Å². The van der Waals surface area contributed by atoms with E-state index in [-0.39, 0.29) is 18.4 Å². The molecule has 0 radical (unpaired) electrons. The maximum absolute atomic E-state index is 11.2. The van der Waals surface area contributed by atoms with Gasteiger partial charge in [0, 0.05) is 30.2 Å². The number of ether oxygens (including phenoxy) is 1. The Balaban J connectivity index is 3.32. The van der Waals surface area contributed by atoms with Crippen molar-refractivity contribution in [1.29, 1.82) is 0 Å². The number of nitrogens with one attached hydrogen (secondary N) is 2. The van der Waals surface area contributed by atoms with Crippen LogP contribution in [-0.4, -0.2) is 60.7 Å². The van der Waals surface area contributed by atoms with Gasteiger partial charge in [-0.25, -0.2) is 4.79 Å². The van der Waals surface area contributed by atoms with E-state index in [1.807, 2.05) is 0 Å². The first-order valence-corrected chi connectivity index (χ1v) is 8.66. The Morgan fingerprint density at radius 1 is 1.10 bits per heavy atom. The second-order valence-corrected chi connectivity index (χ2v) is 6.62. The van der Waals surface area contributed by atoms with Crippen molar-refractivity contribution in [3.63, 3.8) is 0 Å². The third-order valence-electron chi connectivity index (χ3n) is 1.91. The largest absolute Gasteiger partial charge is 0.480 e. The molecular weight excluding hydrogens is 316 g/mol. The molecule has 0 spiro atoms. The molecule has 0 aliphatic heterocycles. The Kier molecular flexibility index (Phi) is 11.8. The highest BCUT2D eigenvalue weighted by Gasteiger charge is 2.03. The predicted molar refractivity (Wildman–Crippen MR) is 84.2 cm³/mol. The van der Waals surface area contributed by atoms with E-state index >= 15 is 0 Å². The van der Waals surface area contributed by atoms with Crippen LogP contribution in [0.2, 0.25) is 0 Å². The highest BCUT2D eigenvalue weighted by molar-refractivity contribution is 8.76. The number of aliphatic carboxylic acids is 1. The van der Waals surface area contributed by atoms with E-state index in [2.05, 4.69) is 21.9 Å². The van der Waals surface area contributed by atoms with E-state index in [0.29, 0.717) is 24.4 Å². The quantitative estimate of drug-likeness (QED) is 0.267. The molecule has 9 heteroatoms. The second-order valence-electron chi connectivity index (χ2n) is 3.92. The lowest BCUT2D eigenvalue weighted by Crippen LogP contribution is -2.30. The Morgan fingerprint density at radius 2 is 1.67 bits per heavy atom. The van der Waals surface area contributed by atoms with E-state index in [1.165, 1.54) is 0 Å². The normalized spacial score (nSPS) is 9.95. The van der Waals surface area contributed by atoms with Crippen molar-refractivity contribution in [2.24, 2.45) is 0 Å². The van der Waals surface area contributed by atoms with Gasteiger partial charge < -0.3 is 20.5 Å². The fourth-order valence-corrected chi connectivity index (χ4v) is 2.80. The molecule has 0 atom stereocenters. The van der Waals surface area contributed by atoms with Crippen molar-refractivity contribution in [1.82, 2.24) is 10.6 Å². The number of carbonyl (C=O) groups is 3. The lowest BCUT2D eigenvalue weighted by Gasteiger charge is -2.06. The second kappa shape index (κ2) is 12.5. The summed E-state index contributed by atoms with van der Waals surface area (Å²) in [5.41, 5.74) is 0.487. The summed E-state index contributed by atoms with van der Waals surface area (Å²) in [5.74, 6) is -0.110. The van der Waals surface area contributed by atoms with Gasteiger partial charge in [0.1, 0.15) is 13.2 Å². The van der Waals surface area contributed by atoms with Crippen LogP contribution in [0.25, 0.3) is 0 Å². The van der Waals surface area contributed by atoms with Crippen LogP contribution < -0.4 is 10.6 Å². The highest BCUT2D eigenvalue weighted by Crippen LogP contribution is 2.19. The van der Waals surface area contributed by atoms with Gasteiger partial charge in [0.25, 0.3) is 0 Å². The Labute approximate surface area is 131 Å². The molecular formula is C12H20N2O5S2. The first-order chi connectivity index (χ1) is 9.93. The molecule has 0 rings (SSSR count). The summed E-state index contributed by atoms with van der Waals surface area (Å²) in [4.78, 5) is 32.5. The van der Waals surface area contributed by atoms with Crippen molar-refractivity contribution in [3.05, 3.63) is 12.2 Å². The lowest BCUT2D eigenvalue weighted by molar-refractivity contribution is -0.143. The Hall–Kier alpha value is -1.19. The highest BCUT2D eigenvalue weighted by atomic mass is 33.1. The zero-order valence-electron chi connectivity index (χ0n) is 11.8. The van der Waals surface area contributed by atoms with Crippen molar-refractivity contribution >= 4 is 39.4 Å². The van der Waals surface area contributed by atoms with Crippen molar-refractivity contribution < 1.29 is 24.2 Å². The van der Waals surface area contributed by atoms with Crippen LogP contribution in [0.15, 0.2) is 12.2 Å².